The number of rotatable bonds is 5. The lowest BCUT2D eigenvalue weighted by molar-refractivity contribution is 0.0939. The Kier molecular flexibility index (Phi) is 8.22. The second-order valence-electron chi connectivity index (χ2n) is 5.35. The Bertz CT molecular complexity index is 519. The summed E-state index contributed by atoms with van der Waals surface area (Å²) in [4.78, 5) is 16.5. The standard InChI is InChI=1S/C16H24N4O.HI/c1-3-12(2)20-15(21)14-7-4-6-13(10-14)11-19-16-17-8-5-9-18-16;/h4,6-7,10,12H,3,5,8-9,11H2,1-2H3,(H,20,21)(H2,17,18,19);1H. The molecule has 1 heterocycles. The molecule has 3 N–H and O–H groups in total. The van der Waals surface area contributed by atoms with E-state index in [9.17, 15) is 4.79 Å². The molecule has 22 heavy (non-hydrogen) atoms. The van der Waals surface area contributed by atoms with E-state index in [0.717, 1.165) is 37.5 Å². The average molecular weight is 416 g/mol. The second kappa shape index (κ2) is 9.66. The van der Waals surface area contributed by atoms with Gasteiger partial charge in [0.2, 0.25) is 0 Å². The minimum absolute atomic E-state index is 0. The summed E-state index contributed by atoms with van der Waals surface area (Å²) in [6, 6.07) is 7.89. The third-order valence-corrected chi connectivity index (χ3v) is 3.54. The maximum Gasteiger partial charge on any atom is 0.251 e. The van der Waals surface area contributed by atoms with Crippen LogP contribution in [0, 0.1) is 0 Å². The number of nitrogens with zero attached hydrogens (tertiary/aromatic N) is 1. The molecule has 0 fully saturated rings. The average Bonchev–Trinajstić information content (AvgIpc) is 2.54. The van der Waals surface area contributed by atoms with Crippen LogP contribution in [0.4, 0.5) is 0 Å². The van der Waals surface area contributed by atoms with E-state index in [2.05, 4.69) is 27.9 Å². The van der Waals surface area contributed by atoms with Gasteiger partial charge in [0.25, 0.3) is 5.91 Å². The van der Waals surface area contributed by atoms with E-state index in [1.54, 1.807) is 0 Å². The molecule has 1 aromatic rings. The first-order valence-electron chi connectivity index (χ1n) is 7.61. The number of benzene rings is 1. The zero-order valence-corrected chi connectivity index (χ0v) is 15.5. The Labute approximate surface area is 149 Å². The summed E-state index contributed by atoms with van der Waals surface area (Å²) in [5.41, 5.74) is 1.77. The number of hydrogen-bond acceptors (Lipinski definition) is 4. The first-order valence-corrected chi connectivity index (χ1v) is 7.61. The van der Waals surface area contributed by atoms with Crippen molar-refractivity contribution in [3.05, 3.63) is 35.4 Å². The normalized spacial score (nSPS) is 14.9. The van der Waals surface area contributed by atoms with E-state index in [-0.39, 0.29) is 35.9 Å². The lowest BCUT2D eigenvalue weighted by atomic mass is 10.1. The summed E-state index contributed by atoms with van der Waals surface area (Å²) >= 11 is 0. The summed E-state index contributed by atoms with van der Waals surface area (Å²) in [6.45, 7) is 6.56. The molecular weight excluding hydrogens is 391 g/mol. The Morgan fingerprint density at radius 3 is 2.95 bits per heavy atom. The number of halogens is 1. The first kappa shape index (κ1) is 18.7. The van der Waals surface area contributed by atoms with E-state index >= 15 is 0 Å². The monoisotopic (exact) mass is 416 g/mol. The molecule has 1 amide bonds. The Morgan fingerprint density at radius 2 is 2.27 bits per heavy atom. The van der Waals surface area contributed by atoms with Crippen LogP contribution in [0.2, 0.25) is 0 Å². The number of carbonyl (C=O) groups is 1. The minimum atomic E-state index is -0.0145. The molecule has 2 rings (SSSR count). The molecule has 6 heteroatoms. The predicted molar refractivity (Wildman–Crippen MR) is 101 cm³/mol. The fourth-order valence-corrected chi connectivity index (χ4v) is 2.07. The number of guanidine groups is 1. The van der Waals surface area contributed by atoms with Gasteiger partial charge >= 0.3 is 0 Å². The molecule has 1 unspecified atom stereocenters. The van der Waals surface area contributed by atoms with Crippen LogP contribution < -0.4 is 16.0 Å². The van der Waals surface area contributed by atoms with Gasteiger partial charge in [-0.2, -0.15) is 0 Å². The maximum atomic E-state index is 12.1. The summed E-state index contributed by atoms with van der Waals surface area (Å²) in [5.74, 6) is 0.829. The number of carbonyl (C=O) groups excluding carboxylic acids is 1. The number of aliphatic imine (C=N–C) groups is 1. The molecule has 5 nitrogen and oxygen atoms in total. The van der Waals surface area contributed by atoms with Gasteiger partial charge in [-0.15, -0.1) is 24.0 Å². The lowest BCUT2D eigenvalue weighted by Gasteiger charge is -2.16. The highest BCUT2D eigenvalue weighted by molar-refractivity contribution is 14.0. The highest BCUT2D eigenvalue weighted by Gasteiger charge is 2.09. The van der Waals surface area contributed by atoms with Gasteiger partial charge < -0.3 is 16.0 Å². The van der Waals surface area contributed by atoms with Crippen LogP contribution in [0.5, 0.6) is 0 Å². The third-order valence-electron chi connectivity index (χ3n) is 3.54. The van der Waals surface area contributed by atoms with Crippen LogP contribution in [-0.2, 0) is 6.54 Å². The largest absolute Gasteiger partial charge is 0.356 e. The third kappa shape index (κ3) is 5.82. The fraction of sp³-hybridized carbons (Fsp3) is 0.500. The fourth-order valence-electron chi connectivity index (χ4n) is 2.07. The summed E-state index contributed by atoms with van der Waals surface area (Å²) < 4.78 is 0. The summed E-state index contributed by atoms with van der Waals surface area (Å²) in [5, 5.41) is 9.47. The van der Waals surface area contributed by atoms with Crippen molar-refractivity contribution >= 4 is 35.8 Å². The highest BCUT2D eigenvalue weighted by Crippen LogP contribution is 2.06. The SMILES string of the molecule is CCC(C)NC(=O)c1cccc(CNC2=NCCCN2)c1.I. The van der Waals surface area contributed by atoms with E-state index < -0.39 is 0 Å². The van der Waals surface area contributed by atoms with Crippen molar-refractivity contribution in [1.82, 2.24) is 16.0 Å². The van der Waals surface area contributed by atoms with Gasteiger partial charge in [0.05, 0.1) is 0 Å². The topological polar surface area (TPSA) is 65.5 Å². The molecule has 0 saturated heterocycles. The molecule has 1 atom stereocenters. The number of amides is 1. The highest BCUT2D eigenvalue weighted by atomic mass is 127. The molecule has 0 aliphatic carbocycles. The van der Waals surface area contributed by atoms with Crippen molar-refractivity contribution in [3.63, 3.8) is 0 Å². The van der Waals surface area contributed by atoms with Crippen LogP contribution >= 0.6 is 24.0 Å². The van der Waals surface area contributed by atoms with Crippen molar-refractivity contribution in [1.29, 1.82) is 0 Å². The van der Waals surface area contributed by atoms with Crippen molar-refractivity contribution in [2.45, 2.75) is 39.3 Å². The quantitative estimate of drug-likeness (QED) is 0.646. The molecule has 0 saturated carbocycles. The number of nitrogens with one attached hydrogen (secondary N) is 3. The smallest absolute Gasteiger partial charge is 0.251 e. The van der Waals surface area contributed by atoms with E-state index in [0.29, 0.717) is 12.1 Å². The van der Waals surface area contributed by atoms with Gasteiger partial charge in [0, 0.05) is 31.2 Å². The van der Waals surface area contributed by atoms with Crippen molar-refractivity contribution in [2.75, 3.05) is 13.1 Å². The zero-order chi connectivity index (χ0) is 15.1. The first-order chi connectivity index (χ1) is 10.2. The Morgan fingerprint density at radius 1 is 1.45 bits per heavy atom. The Hall–Kier alpha value is -1.31. The minimum Gasteiger partial charge on any atom is -0.356 e. The van der Waals surface area contributed by atoms with Crippen molar-refractivity contribution in [2.24, 2.45) is 4.99 Å². The second-order valence-corrected chi connectivity index (χ2v) is 5.35. The number of hydrogen-bond donors (Lipinski definition) is 3. The molecular formula is C16H25IN4O. The van der Waals surface area contributed by atoms with Gasteiger partial charge in [0.15, 0.2) is 5.96 Å². The molecule has 1 aliphatic heterocycles. The summed E-state index contributed by atoms with van der Waals surface area (Å²) in [6.07, 6.45) is 2.01. The van der Waals surface area contributed by atoms with Crippen LogP contribution in [0.25, 0.3) is 0 Å². The van der Waals surface area contributed by atoms with E-state index in [1.807, 2.05) is 31.2 Å². The molecule has 1 aliphatic rings. The molecule has 0 spiro atoms. The van der Waals surface area contributed by atoms with Gasteiger partial charge in [-0.1, -0.05) is 19.1 Å². The Balaban J connectivity index is 0.00000242. The van der Waals surface area contributed by atoms with Crippen molar-refractivity contribution < 1.29 is 4.79 Å². The van der Waals surface area contributed by atoms with E-state index in [1.165, 1.54) is 0 Å². The van der Waals surface area contributed by atoms with Crippen LogP contribution in [0.3, 0.4) is 0 Å². The molecule has 122 valence electrons. The maximum absolute atomic E-state index is 12.1. The van der Waals surface area contributed by atoms with Crippen molar-refractivity contribution in [3.8, 4) is 0 Å². The molecule has 1 aromatic carbocycles. The zero-order valence-electron chi connectivity index (χ0n) is 13.2. The van der Waals surface area contributed by atoms with Gasteiger partial charge in [-0.3, -0.25) is 9.79 Å². The molecule has 0 aromatic heterocycles. The molecule has 0 bridgehead atoms. The predicted octanol–water partition coefficient (Wildman–Crippen LogP) is 2.27. The van der Waals surface area contributed by atoms with Crippen LogP contribution in [0.1, 0.15) is 42.6 Å². The summed E-state index contributed by atoms with van der Waals surface area (Å²) in [7, 11) is 0. The van der Waals surface area contributed by atoms with E-state index in [4.69, 9.17) is 0 Å². The molecule has 0 radical (unpaired) electrons. The van der Waals surface area contributed by atoms with Gasteiger partial charge in [0.1, 0.15) is 0 Å². The lowest BCUT2D eigenvalue weighted by Crippen LogP contribution is -2.40. The van der Waals surface area contributed by atoms with Crippen LogP contribution in [-0.4, -0.2) is 31.0 Å². The van der Waals surface area contributed by atoms with Crippen LogP contribution in [0.15, 0.2) is 29.3 Å². The van der Waals surface area contributed by atoms with Gasteiger partial charge in [-0.25, -0.2) is 0 Å². The van der Waals surface area contributed by atoms with Gasteiger partial charge in [-0.05, 0) is 37.5 Å².